The number of aromatic nitrogens is 1. The maximum Gasteiger partial charge on any atom is 0.273 e. The molecule has 6 heteroatoms. The van der Waals surface area contributed by atoms with Gasteiger partial charge in [-0.05, 0) is 24.5 Å². The van der Waals surface area contributed by atoms with Crippen LogP contribution in [-0.2, 0) is 11.2 Å². The van der Waals surface area contributed by atoms with Crippen LogP contribution in [0.4, 0.5) is 5.69 Å². The predicted molar refractivity (Wildman–Crippen MR) is 91.5 cm³/mol. The Kier molecular flexibility index (Phi) is 5.63. The standard InChI is InChI=1S/C18H21N3O3/c1-12(2)17(18-13(3)7-6-10-19-18)20-16(22)11-14-8-4-5-9-15(14)21(23)24/h4-10,12,17H,11H2,1-3H3,(H,20,22). The third kappa shape index (κ3) is 4.16. The molecule has 0 aliphatic heterocycles. The lowest BCUT2D eigenvalue weighted by molar-refractivity contribution is -0.385. The quantitative estimate of drug-likeness (QED) is 0.651. The van der Waals surface area contributed by atoms with Crippen LogP contribution in [0.5, 0.6) is 0 Å². The molecule has 1 unspecified atom stereocenters. The minimum atomic E-state index is -0.467. The van der Waals surface area contributed by atoms with Crippen molar-refractivity contribution in [2.45, 2.75) is 33.2 Å². The zero-order chi connectivity index (χ0) is 17.7. The summed E-state index contributed by atoms with van der Waals surface area (Å²) in [6.45, 7) is 5.96. The second-order valence-electron chi connectivity index (χ2n) is 6.06. The molecule has 1 N–H and O–H groups in total. The summed E-state index contributed by atoms with van der Waals surface area (Å²) in [6.07, 6.45) is 1.66. The number of carbonyl (C=O) groups is 1. The maximum absolute atomic E-state index is 12.4. The predicted octanol–water partition coefficient (Wildman–Crippen LogP) is 3.35. The first-order valence-electron chi connectivity index (χ1n) is 7.83. The van der Waals surface area contributed by atoms with Crippen LogP contribution in [0.3, 0.4) is 0 Å². The van der Waals surface area contributed by atoms with E-state index in [4.69, 9.17) is 0 Å². The molecule has 0 spiro atoms. The van der Waals surface area contributed by atoms with Gasteiger partial charge < -0.3 is 5.32 Å². The van der Waals surface area contributed by atoms with Crippen molar-refractivity contribution < 1.29 is 9.72 Å². The summed E-state index contributed by atoms with van der Waals surface area (Å²) in [5.41, 5.74) is 2.19. The maximum atomic E-state index is 12.4. The van der Waals surface area contributed by atoms with Crippen LogP contribution in [0.15, 0.2) is 42.6 Å². The van der Waals surface area contributed by atoms with Crippen molar-refractivity contribution in [1.29, 1.82) is 0 Å². The minimum Gasteiger partial charge on any atom is -0.347 e. The molecule has 0 saturated heterocycles. The number of benzene rings is 1. The summed E-state index contributed by atoms with van der Waals surface area (Å²) < 4.78 is 0. The third-order valence-corrected chi connectivity index (χ3v) is 3.87. The second kappa shape index (κ2) is 7.68. The zero-order valence-electron chi connectivity index (χ0n) is 14.0. The minimum absolute atomic E-state index is 0.0355. The average Bonchev–Trinajstić information content (AvgIpc) is 2.53. The van der Waals surface area contributed by atoms with E-state index in [-0.39, 0.29) is 30.0 Å². The monoisotopic (exact) mass is 327 g/mol. The second-order valence-corrected chi connectivity index (χ2v) is 6.06. The van der Waals surface area contributed by atoms with E-state index < -0.39 is 4.92 Å². The van der Waals surface area contributed by atoms with Crippen molar-refractivity contribution in [1.82, 2.24) is 10.3 Å². The Morgan fingerprint density at radius 3 is 2.58 bits per heavy atom. The summed E-state index contributed by atoms with van der Waals surface area (Å²) in [4.78, 5) is 27.4. The molecule has 0 radical (unpaired) electrons. The molecule has 1 amide bonds. The van der Waals surface area contributed by atoms with Gasteiger partial charge in [-0.3, -0.25) is 19.9 Å². The van der Waals surface area contributed by atoms with Crippen molar-refractivity contribution in [2.75, 3.05) is 0 Å². The third-order valence-electron chi connectivity index (χ3n) is 3.87. The van der Waals surface area contributed by atoms with Crippen LogP contribution in [0.2, 0.25) is 0 Å². The highest BCUT2D eigenvalue weighted by Crippen LogP contribution is 2.23. The lowest BCUT2D eigenvalue weighted by atomic mass is 9.97. The Morgan fingerprint density at radius 1 is 1.25 bits per heavy atom. The van der Waals surface area contributed by atoms with E-state index in [0.29, 0.717) is 5.56 Å². The van der Waals surface area contributed by atoms with Gasteiger partial charge in [0.1, 0.15) is 0 Å². The van der Waals surface area contributed by atoms with Gasteiger partial charge in [0.15, 0.2) is 0 Å². The van der Waals surface area contributed by atoms with Gasteiger partial charge in [-0.1, -0.05) is 38.1 Å². The van der Waals surface area contributed by atoms with Gasteiger partial charge >= 0.3 is 0 Å². The van der Waals surface area contributed by atoms with E-state index in [1.165, 1.54) is 6.07 Å². The van der Waals surface area contributed by atoms with Gasteiger partial charge in [0.25, 0.3) is 5.69 Å². The Labute approximate surface area is 141 Å². The van der Waals surface area contributed by atoms with E-state index in [1.54, 1.807) is 24.4 Å². The van der Waals surface area contributed by atoms with E-state index >= 15 is 0 Å². The number of amides is 1. The number of nitro groups is 1. The molecule has 2 aromatic rings. The summed E-state index contributed by atoms with van der Waals surface area (Å²) in [5, 5.41) is 14.0. The lowest BCUT2D eigenvalue weighted by Crippen LogP contribution is -2.34. The number of carbonyl (C=O) groups excluding carboxylic acids is 1. The van der Waals surface area contributed by atoms with Gasteiger partial charge in [-0.25, -0.2) is 0 Å². The van der Waals surface area contributed by atoms with E-state index in [2.05, 4.69) is 10.3 Å². The fourth-order valence-electron chi connectivity index (χ4n) is 2.61. The first-order valence-corrected chi connectivity index (χ1v) is 7.83. The van der Waals surface area contributed by atoms with E-state index in [1.807, 2.05) is 32.9 Å². The number of pyridine rings is 1. The normalized spacial score (nSPS) is 12.0. The molecular weight excluding hydrogens is 306 g/mol. The largest absolute Gasteiger partial charge is 0.347 e. The highest BCUT2D eigenvalue weighted by molar-refractivity contribution is 5.80. The number of nitrogens with zero attached hydrogens (tertiary/aromatic N) is 2. The Bertz CT molecular complexity index is 744. The van der Waals surface area contributed by atoms with Crippen molar-refractivity contribution >= 4 is 11.6 Å². The highest BCUT2D eigenvalue weighted by atomic mass is 16.6. The zero-order valence-corrected chi connectivity index (χ0v) is 14.0. The number of para-hydroxylation sites is 1. The fourth-order valence-corrected chi connectivity index (χ4v) is 2.61. The molecule has 1 atom stereocenters. The van der Waals surface area contributed by atoms with Crippen LogP contribution in [0.1, 0.15) is 36.7 Å². The van der Waals surface area contributed by atoms with Crippen LogP contribution in [0, 0.1) is 23.0 Å². The number of nitro benzene ring substituents is 1. The molecule has 24 heavy (non-hydrogen) atoms. The lowest BCUT2D eigenvalue weighted by Gasteiger charge is -2.23. The average molecular weight is 327 g/mol. The van der Waals surface area contributed by atoms with Crippen molar-refractivity contribution in [3.8, 4) is 0 Å². The molecule has 0 bridgehead atoms. The van der Waals surface area contributed by atoms with E-state index in [0.717, 1.165) is 11.3 Å². The van der Waals surface area contributed by atoms with Crippen molar-refractivity contribution in [3.63, 3.8) is 0 Å². The van der Waals surface area contributed by atoms with Gasteiger partial charge in [0, 0.05) is 17.8 Å². The molecular formula is C18H21N3O3. The number of nitrogens with one attached hydrogen (secondary N) is 1. The number of hydrogen-bond donors (Lipinski definition) is 1. The van der Waals surface area contributed by atoms with Crippen LogP contribution in [-0.4, -0.2) is 15.8 Å². The van der Waals surface area contributed by atoms with Gasteiger partial charge in [0.05, 0.1) is 23.1 Å². The summed E-state index contributed by atoms with van der Waals surface area (Å²) in [7, 11) is 0. The molecule has 1 heterocycles. The fraction of sp³-hybridized carbons (Fsp3) is 0.333. The number of hydrogen-bond acceptors (Lipinski definition) is 4. The topological polar surface area (TPSA) is 85.1 Å². The van der Waals surface area contributed by atoms with E-state index in [9.17, 15) is 14.9 Å². The van der Waals surface area contributed by atoms with Gasteiger partial charge in [-0.15, -0.1) is 0 Å². The first-order chi connectivity index (χ1) is 11.4. The SMILES string of the molecule is Cc1cccnc1C(NC(=O)Cc1ccccc1[N+](=O)[O-])C(C)C. The van der Waals surface area contributed by atoms with Crippen molar-refractivity contribution in [2.24, 2.45) is 5.92 Å². The smallest absolute Gasteiger partial charge is 0.273 e. The summed E-state index contributed by atoms with van der Waals surface area (Å²) in [6, 6.07) is 9.87. The number of aryl methyl sites for hydroxylation is 1. The molecule has 6 nitrogen and oxygen atoms in total. The molecule has 0 aliphatic rings. The summed E-state index contributed by atoms with van der Waals surface area (Å²) >= 11 is 0. The van der Waals surface area contributed by atoms with Crippen LogP contribution < -0.4 is 5.32 Å². The highest BCUT2D eigenvalue weighted by Gasteiger charge is 2.23. The summed E-state index contributed by atoms with van der Waals surface area (Å²) in [5.74, 6) is -0.110. The molecule has 2 rings (SSSR count). The molecule has 1 aromatic heterocycles. The van der Waals surface area contributed by atoms with Gasteiger partial charge in [-0.2, -0.15) is 0 Å². The molecule has 0 saturated carbocycles. The molecule has 1 aromatic carbocycles. The Morgan fingerprint density at radius 2 is 1.96 bits per heavy atom. The Balaban J connectivity index is 2.18. The number of rotatable bonds is 6. The van der Waals surface area contributed by atoms with Crippen LogP contribution >= 0.6 is 0 Å². The van der Waals surface area contributed by atoms with Gasteiger partial charge in [0.2, 0.25) is 5.91 Å². The Hall–Kier alpha value is -2.76. The molecule has 0 aliphatic carbocycles. The molecule has 126 valence electrons. The molecule has 0 fully saturated rings. The first kappa shape index (κ1) is 17.6. The van der Waals surface area contributed by atoms with Crippen molar-refractivity contribution in [3.05, 3.63) is 69.5 Å². The van der Waals surface area contributed by atoms with Crippen LogP contribution in [0.25, 0.3) is 0 Å².